The summed E-state index contributed by atoms with van der Waals surface area (Å²) in [5.74, 6) is 0.700. The molecule has 0 spiro atoms. The van der Waals surface area contributed by atoms with Gasteiger partial charge in [-0.15, -0.1) is 0 Å². The Bertz CT molecular complexity index is 489. The lowest BCUT2D eigenvalue weighted by Crippen LogP contribution is -2.53. The van der Waals surface area contributed by atoms with E-state index in [9.17, 15) is 0 Å². The molecule has 1 aliphatic heterocycles. The van der Waals surface area contributed by atoms with Crippen LogP contribution >= 0.6 is 0 Å². The van der Waals surface area contributed by atoms with E-state index < -0.39 is 0 Å². The average Bonchev–Trinajstić information content (AvgIpc) is 2.57. The Morgan fingerprint density at radius 1 is 1.12 bits per heavy atom. The molecule has 0 unspecified atom stereocenters. The second-order valence-corrected chi connectivity index (χ2v) is 8.07. The molecule has 25 heavy (non-hydrogen) atoms. The van der Waals surface area contributed by atoms with E-state index in [0.29, 0.717) is 19.1 Å². The van der Waals surface area contributed by atoms with Gasteiger partial charge in [0.2, 0.25) is 5.88 Å². The van der Waals surface area contributed by atoms with Gasteiger partial charge in [-0.1, -0.05) is 0 Å². The van der Waals surface area contributed by atoms with Crippen LogP contribution in [0, 0.1) is 0 Å². The van der Waals surface area contributed by atoms with Crippen LogP contribution in [0.4, 0.5) is 0 Å². The number of piperazine rings is 1. The highest BCUT2D eigenvalue weighted by molar-refractivity contribution is 5.17. The molecule has 142 valence electrons. The summed E-state index contributed by atoms with van der Waals surface area (Å²) in [6.07, 6.45) is 3.11. The maximum Gasteiger partial charge on any atom is 0.213 e. The molecule has 0 amide bonds. The van der Waals surface area contributed by atoms with Gasteiger partial charge in [-0.2, -0.15) is 0 Å². The predicted molar refractivity (Wildman–Crippen MR) is 102 cm³/mol. The van der Waals surface area contributed by atoms with E-state index in [-0.39, 0.29) is 11.6 Å². The fraction of sp³-hybridized carbons (Fsp3) is 0.750. The normalized spacial score (nSPS) is 17.2. The molecule has 0 radical (unpaired) electrons. The Labute approximate surface area is 153 Å². The highest BCUT2D eigenvalue weighted by Gasteiger charge is 2.25. The van der Waals surface area contributed by atoms with Crippen molar-refractivity contribution in [3.63, 3.8) is 0 Å². The SMILES string of the molecule is CC(C)OCc1ccc(OCCCN2CCN(C(C)(C)C)CC2)nc1. The van der Waals surface area contributed by atoms with Crippen LogP contribution in [0.25, 0.3) is 0 Å². The van der Waals surface area contributed by atoms with Crippen molar-refractivity contribution in [1.29, 1.82) is 0 Å². The van der Waals surface area contributed by atoms with Crippen LogP contribution in [0.2, 0.25) is 0 Å². The minimum absolute atomic E-state index is 0.237. The number of rotatable bonds is 8. The molecule has 1 aromatic heterocycles. The number of hydrogen-bond donors (Lipinski definition) is 0. The van der Waals surface area contributed by atoms with E-state index in [4.69, 9.17) is 9.47 Å². The first kappa shape index (κ1) is 20.1. The van der Waals surface area contributed by atoms with Gasteiger partial charge in [0.25, 0.3) is 0 Å². The van der Waals surface area contributed by atoms with Gasteiger partial charge in [0, 0.05) is 50.5 Å². The zero-order valence-electron chi connectivity index (χ0n) is 16.6. The topological polar surface area (TPSA) is 37.8 Å². The van der Waals surface area contributed by atoms with Gasteiger partial charge >= 0.3 is 0 Å². The zero-order chi connectivity index (χ0) is 18.3. The van der Waals surface area contributed by atoms with Crippen molar-refractivity contribution in [1.82, 2.24) is 14.8 Å². The smallest absolute Gasteiger partial charge is 0.213 e. The standard InChI is InChI=1S/C20H35N3O2/c1-17(2)25-16-18-7-8-19(21-15-18)24-14-6-9-22-10-12-23(13-11-22)20(3,4)5/h7-8,15,17H,6,9-14,16H2,1-5H3. The molecule has 5 nitrogen and oxygen atoms in total. The van der Waals surface area contributed by atoms with Crippen LogP contribution in [0.1, 0.15) is 46.6 Å². The third kappa shape index (κ3) is 7.30. The van der Waals surface area contributed by atoms with Crippen molar-refractivity contribution < 1.29 is 9.47 Å². The summed E-state index contributed by atoms with van der Waals surface area (Å²) in [7, 11) is 0. The second-order valence-electron chi connectivity index (χ2n) is 8.07. The second kappa shape index (κ2) is 9.51. The third-order valence-corrected chi connectivity index (χ3v) is 4.57. The summed E-state index contributed by atoms with van der Waals surface area (Å²) >= 11 is 0. The summed E-state index contributed by atoms with van der Waals surface area (Å²) in [5.41, 5.74) is 1.37. The Morgan fingerprint density at radius 2 is 1.84 bits per heavy atom. The number of aromatic nitrogens is 1. The monoisotopic (exact) mass is 349 g/mol. The molecule has 0 aromatic carbocycles. The van der Waals surface area contributed by atoms with Gasteiger partial charge < -0.3 is 14.4 Å². The first-order chi connectivity index (χ1) is 11.8. The molecule has 0 saturated carbocycles. The van der Waals surface area contributed by atoms with Crippen LogP contribution in [0.15, 0.2) is 18.3 Å². The molecule has 0 N–H and O–H groups in total. The number of pyridine rings is 1. The van der Waals surface area contributed by atoms with E-state index >= 15 is 0 Å². The quantitative estimate of drug-likeness (QED) is 0.674. The van der Waals surface area contributed by atoms with Crippen LogP contribution in [-0.4, -0.2) is 65.8 Å². The van der Waals surface area contributed by atoms with Gasteiger partial charge in [0.1, 0.15) is 0 Å². The minimum Gasteiger partial charge on any atom is -0.478 e. The molecule has 0 aliphatic carbocycles. The molecule has 0 atom stereocenters. The first-order valence-electron chi connectivity index (χ1n) is 9.51. The van der Waals surface area contributed by atoms with Crippen LogP contribution in [0.5, 0.6) is 5.88 Å². The van der Waals surface area contributed by atoms with E-state index in [1.54, 1.807) is 0 Å². The maximum atomic E-state index is 5.76. The van der Waals surface area contributed by atoms with Crippen molar-refractivity contribution in [2.24, 2.45) is 0 Å². The molecule has 1 aliphatic rings. The van der Waals surface area contributed by atoms with E-state index in [2.05, 4.69) is 35.6 Å². The molecular weight excluding hydrogens is 314 g/mol. The van der Waals surface area contributed by atoms with Crippen LogP contribution in [-0.2, 0) is 11.3 Å². The van der Waals surface area contributed by atoms with Gasteiger partial charge in [0.15, 0.2) is 0 Å². The Balaban J connectivity index is 1.60. The Kier molecular flexibility index (Phi) is 7.66. The van der Waals surface area contributed by atoms with Crippen molar-refractivity contribution in [2.75, 3.05) is 39.3 Å². The van der Waals surface area contributed by atoms with E-state index in [1.807, 2.05) is 32.2 Å². The van der Waals surface area contributed by atoms with E-state index in [1.165, 1.54) is 0 Å². The van der Waals surface area contributed by atoms with Gasteiger partial charge in [0.05, 0.1) is 19.3 Å². The van der Waals surface area contributed by atoms with Gasteiger partial charge in [-0.25, -0.2) is 4.98 Å². The molecule has 1 saturated heterocycles. The van der Waals surface area contributed by atoms with Crippen molar-refractivity contribution in [3.8, 4) is 5.88 Å². The molecule has 1 fully saturated rings. The highest BCUT2D eigenvalue weighted by atomic mass is 16.5. The maximum absolute atomic E-state index is 5.76. The van der Waals surface area contributed by atoms with Crippen molar-refractivity contribution in [2.45, 2.75) is 59.3 Å². The van der Waals surface area contributed by atoms with Crippen molar-refractivity contribution >= 4 is 0 Å². The number of hydrogen-bond acceptors (Lipinski definition) is 5. The fourth-order valence-electron chi connectivity index (χ4n) is 2.95. The summed E-state index contributed by atoms with van der Waals surface area (Å²) in [6, 6.07) is 3.96. The number of nitrogens with zero attached hydrogens (tertiary/aromatic N) is 3. The highest BCUT2D eigenvalue weighted by Crippen LogP contribution is 2.16. The summed E-state index contributed by atoms with van der Waals surface area (Å²) in [6.45, 7) is 18.0. The summed E-state index contributed by atoms with van der Waals surface area (Å²) in [4.78, 5) is 9.45. The number of ether oxygens (including phenoxy) is 2. The van der Waals surface area contributed by atoms with Crippen LogP contribution in [0.3, 0.4) is 0 Å². The summed E-state index contributed by atoms with van der Waals surface area (Å²) < 4.78 is 11.3. The largest absolute Gasteiger partial charge is 0.478 e. The molecule has 2 rings (SSSR count). The van der Waals surface area contributed by atoms with Crippen LogP contribution < -0.4 is 4.74 Å². The van der Waals surface area contributed by atoms with E-state index in [0.717, 1.165) is 44.7 Å². The first-order valence-corrected chi connectivity index (χ1v) is 9.51. The molecule has 5 heteroatoms. The predicted octanol–water partition coefficient (Wildman–Crippen LogP) is 3.19. The Morgan fingerprint density at radius 3 is 2.40 bits per heavy atom. The minimum atomic E-state index is 0.237. The van der Waals surface area contributed by atoms with Crippen molar-refractivity contribution in [3.05, 3.63) is 23.9 Å². The summed E-state index contributed by atoms with van der Waals surface area (Å²) in [5, 5.41) is 0. The molecule has 0 bridgehead atoms. The molecular formula is C20H35N3O2. The van der Waals surface area contributed by atoms with Gasteiger partial charge in [-0.3, -0.25) is 4.90 Å². The lowest BCUT2D eigenvalue weighted by Gasteiger charge is -2.42. The molecule has 2 heterocycles. The van der Waals surface area contributed by atoms with Gasteiger partial charge in [-0.05, 0) is 52.7 Å². The third-order valence-electron chi connectivity index (χ3n) is 4.57. The lowest BCUT2D eigenvalue weighted by molar-refractivity contribution is 0.0600. The fourth-order valence-corrected chi connectivity index (χ4v) is 2.95. The lowest BCUT2D eigenvalue weighted by atomic mass is 10.0. The Hall–Kier alpha value is -1.17. The average molecular weight is 350 g/mol. The zero-order valence-corrected chi connectivity index (χ0v) is 16.6. The molecule has 1 aromatic rings.